The molecule has 2 aliphatic rings. The minimum Gasteiger partial charge on any atom is -0.464 e. The van der Waals surface area contributed by atoms with Crippen molar-refractivity contribution >= 4 is 28.5 Å². The Labute approximate surface area is 156 Å². The van der Waals surface area contributed by atoms with Gasteiger partial charge < -0.3 is 20.0 Å². The molecule has 0 atom stereocenters. The first kappa shape index (κ1) is 16.3. The maximum Gasteiger partial charge on any atom is 0.273 e. The number of aryl methyl sites for hydroxylation is 1. The van der Waals surface area contributed by atoms with E-state index in [1.807, 2.05) is 24.0 Å². The lowest BCUT2D eigenvalue weighted by molar-refractivity contribution is 0.0729. The van der Waals surface area contributed by atoms with E-state index in [0.717, 1.165) is 29.7 Å². The molecule has 0 unspecified atom stereocenters. The molecular formula is C19H22N6O2. The number of aromatic amines is 1. The molecule has 3 aromatic rings. The third-order valence-electron chi connectivity index (χ3n) is 5.31. The molecule has 8 heteroatoms. The second-order valence-corrected chi connectivity index (χ2v) is 7.25. The molecule has 1 aliphatic carbocycles. The highest BCUT2D eigenvalue weighted by atomic mass is 16.3. The monoisotopic (exact) mass is 366 g/mol. The lowest BCUT2D eigenvalue weighted by atomic mass is 10.1. The number of H-pyrrole nitrogens is 1. The van der Waals surface area contributed by atoms with Crippen molar-refractivity contribution in [2.24, 2.45) is 0 Å². The Morgan fingerprint density at radius 2 is 2.15 bits per heavy atom. The van der Waals surface area contributed by atoms with E-state index in [4.69, 9.17) is 4.42 Å². The molecule has 3 N–H and O–H groups in total. The number of pyridine rings is 1. The fourth-order valence-corrected chi connectivity index (χ4v) is 3.60. The fraction of sp³-hybridized carbons (Fsp3) is 0.421. The molecule has 1 amide bonds. The molecule has 0 bridgehead atoms. The van der Waals surface area contributed by atoms with Gasteiger partial charge >= 0.3 is 0 Å². The number of piperazine rings is 1. The predicted octanol–water partition coefficient (Wildman–Crippen LogP) is 2.53. The number of nitrogens with one attached hydrogen (secondary N) is 3. The van der Waals surface area contributed by atoms with Crippen LogP contribution in [0.5, 0.6) is 0 Å². The van der Waals surface area contributed by atoms with Crippen molar-refractivity contribution in [2.45, 2.75) is 25.7 Å². The summed E-state index contributed by atoms with van der Waals surface area (Å²) in [6.07, 6.45) is 4.04. The highest BCUT2D eigenvalue weighted by Gasteiger charge is 2.27. The zero-order valence-electron chi connectivity index (χ0n) is 15.2. The van der Waals surface area contributed by atoms with E-state index >= 15 is 0 Å². The first-order chi connectivity index (χ1) is 13.2. The van der Waals surface area contributed by atoms with Gasteiger partial charge in [-0.05, 0) is 25.8 Å². The Morgan fingerprint density at radius 3 is 2.93 bits per heavy atom. The van der Waals surface area contributed by atoms with Crippen LogP contribution in [-0.4, -0.2) is 52.2 Å². The van der Waals surface area contributed by atoms with Crippen LogP contribution >= 0.6 is 0 Å². The quantitative estimate of drug-likeness (QED) is 0.656. The van der Waals surface area contributed by atoms with Crippen molar-refractivity contribution in [3.63, 3.8) is 0 Å². The summed E-state index contributed by atoms with van der Waals surface area (Å²) >= 11 is 0. The van der Waals surface area contributed by atoms with E-state index in [-0.39, 0.29) is 5.91 Å². The number of hydrogen-bond donors (Lipinski definition) is 3. The molecule has 2 fully saturated rings. The van der Waals surface area contributed by atoms with E-state index in [2.05, 4.69) is 25.8 Å². The molecular weight excluding hydrogens is 344 g/mol. The van der Waals surface area contributed by atoms with Crippen LogP contribution in [-0.2, 0) is 0 Å². The number of aromatic nitrogens is 3. The molecule has 1 aliphatic heterocycles. The summed E-state index contributed by atoms with van der Waals surface area (Å²) in [7, 11) is 0. The Kier molecular flexibility index (Phi) is 3.86. The molecule has 1 saturated heterocycles. The zero-order chi connectivity index (χ0) is 18.4. The third-order valence-corrected chi connectivity index (χ3v) is 5.31. The average molecular weight is 366 g/mol. The minimum absolute atomic E-state index is 0.0592. The maximum atomic E-state index is 13.0. The Bertz CT molecular complexity index is 997. The van der Waals surface area contributed by atoms with E-state index in [1.54, 1.807) is 6.26 Å². The molecule has 0 aromatic carbocycles. The van der Waals surface area contributed by atoms with Crippen LogP contribution in [0.1, 0.15) is 40.5 Å². The molecule has 5 rings (SSSR count). The van der Waals surface area contributed by atoms with Gasteiger partial charge in [0.25, 0.3) is 5.91 Å². The number of amides is 1. The number of hydrogen-bond acceptors (Lipinski definition) is 6. The number of furan rings is 1. The van der Waals surface area contributed by atoms with Gasteiger partial charge in [-0.2, -0.15) is 5.10 Å². The highest BCUT2D eigenvalue weighted by Crippen LogP contribution is 2.40. The van der Waals surface area contributed by atoms with Crippen LogP contribution in [0.15, 0.2) is 22.8 Å². The molecule has 140 valence electrons. The Balaban J connectivity index is 1.51. The standard InChI is InChI=1S/C19H22N6O2/c1-11-16(19(26)25-7-5-20-6-8-25)22-18(13-4-9-27-17(11)13)21-15-10-14(23-24-15)12-2-3-12/h4,9-10,12,20H,2-3,5-8H2,1H3,(H2,21,22,23,24). The van der Waals surface area contributed by atoms with Gasteiger partial charge in [-0.15, -0.1) is 0 Å². The second-order valence-electron chi connectivity index (χ2n) is 7.25. The number of carbonyl (C=O) groups is 1. The predicted molar refractivity (Wildman–Crippen MR) is 101 cm³/mol. The topological polar surface area (TPSA) is 99.1 Å². The van der Waals surface area contributed by atoms with Gasteiger partial charge in [0.2, 0.25) is 0 Å². The normalized spacial score (nSPS) is 17.4. The molecule has 4 heterocycles. The van der Waals surface area contributed by atoms with Crippen LogP contribution in [0.2, 0.25) is 0 Å². The van der Waals surface area contributed by atoms with Gasteiger partial charge in [-0.1, -0.05) is 0 Å². The van der Waals surface area contributed by atoms with Crippen molar-refractivity contribution in [3.8, 4) is 0 Å². The summed E-state index contributed by atoms with van der Waals surface area (Å²) in [6, 6.07) is 3.88. The molecule has 27 heavy (non-hydrogen) atoms. The van der Waals surface area contributed by atoms with Crippen LogP contribution in [0.25, 0.3) is 11.0 Å². The van der Waals surface area contributed by atoms with Crippen LogP contribution in [0.4, 0.5) is 11.6 Å². The van der Waals surface area contributed by atoms with Gasteiger partial charge in [-0.3, -0.25) is 9.89 Å². The summed E-state index contributed by atoms with van der Waals surface area (Å²) in [4.78, 5) is 19.6. The van der Waals surface area contributed by atoms with Crippen molar-refractivity contribution < 1.29 is 9.21 Å². The van der Waals surface area contributed by atoms with E-state index in [9.17, 15) is 4.79 Å². The number of nitrogens with zero attached hydrogens (tertiary/aromatic N) is 3. The summed E-state index contributed by atoms with van der Waals surface area (Å²) in [6.45, 7) is 4.86. The Hall–Kier alpha value is -2.87. The van der Waals surface area contributed by atoms with E-state index in [1.165, 1.54) is 12.8 Å². The van der Waals surface area contributed by atoms with E-state index in [0.29, 0.717) is 41.9 Å². The summed E-state index contributed by atoms with van der Waals surface area (Å²) in [5.74, 6) is 1.84. The van der Waals surface area contributed by atoms with Gasteiger partial charge in [0.15, 0.2) is 5.82 Å². The lowest BCUT2D eigenvalue weighted by Gasteiger charge is -2.27. The number of fused-ring (bicyclic) bond motifs is 1. The molecule has 3 aromatic heterocycles. The fourth-order valence-electron chi connectivity index (χ4n) is 3.60. The van der Waals surface area contributed by atoms with Crippen LogP contribution < -0.4 is 10.6 Å². The molecule has 1 saturated carbocycles. The lowest BCUT2D eigenvalue weighted by Crippen LogP contribution is -2.46. The summed E-state index contributed by atoms with van der Waals surface area (Å²) in [5.41, 5.74) is 3.03. The molecule has 8 nitrogen and oxygen atoms in total. The number of rotatable bonds is 4. The van der Waals surface area contributed by atoms with Gasteiger partial charge in [0.1, 0.15) is 17.1 Å². The zero-order valence-corrected chi connectivity index (χ0v) is 15.2. The highest BCUT2D eigenvalue weighted by molar-refractivity contribution is 6.01. The number of anilines is 2. The minimum atomic E-state index is -0.0592. The van der Waals surface area contributed by atoms with Crippen molar-refractivity contribution in [1.82, 2.24) is 25.4 Å². The third kappa shape index (κ3) is 2.95. The second kappa shape index (κ2) is 6.38. The van der Waals surface area contributed by atoms with Crippen LogP contribution in [0.3, 0.4) is 0 Å². The van der Waals surface area contributed by atoms with Gasteiger partial charge in [0, 0.05) is 49.4 Å². The first-order valence-electron chi connectivity index (χ1n) is 9.41. The van der Waals surface area contributed by atoms with E-state index < -0.39 is 0 Å². The summed E-state index contributed by atoms with van der Waals surface area (Å²) < 4.78 is 5.67. The van der Waals surface area contributed by atoms with Gasteiger partial charge in [0.05, 0.1) is 11.6 Å². The SMILES string of the molecule is Cc1c(C(=O)N2CCNCC2)nc(Nc2cc(C3CC3)[nH]n2)c2ccoc12. The largest absolute Gasteiger partial charge is 0.464 e. The maximum absolute atomic E-state index is 13.0. The molecule has 0 spiro atoms. The summed E-state index contributed by atoms with van der Waals surface area (Å²) in [5, 5.41) is 14.8. The van der Waals surface area contributed by atoms with Crippen molar-refractivity contribution in [1.29, 1.82) is 0 Å². The van der Waals surface area contributed by atoms with Crippen LogP contribution in [0, 0.1) is 6.92 Å². The van der Waals surface area contributed by atoms with Crippen molar-refractivity contribution in [2.75, 3.05) is 31.5 Å². The van der Waals surface area contributed by atoms with Crippen molar-refractivity contribution in [3.05, 3.63) is 35.3 Å². The Morgan fingerprint density at radius 1 is 1.33 bits per heavy atom. The first-order valence-corrected chi connectivity index (χ1v) is 9.41. The van der Waals surface area contributed by atoms with Gasteiger partial charge in [-0.25, -0.2) is 4.98 Å². The smallest absolute Gasteiger partial charge is 0.273 e. The average Bonchev–Trinajstić information content (AvgIpc) is 3.23. The number of carbonyl (C=O) groups excluding carboxylic acids is 1. The molecule has 0 radical (unpaired) electrons.